The summed E-state index contributed by atoms with van der Waals surface area (Å²) < 4.78 is 11.1. The fourth-order valence-electron chi connectivity index (χ4n) is 1.75. The summed E-state index contributed by atoms with van der Waals surface area (Å²) in [6, 6.07) is 7.05. The SMILES string of the molecule is COc1cc(C(=O)Cc2cc(Br)ccc2OC)ncn1. The molecule has 0 bridgehead atoms. The van der Waals surface area contributed by atoms with Crippen molar-refractivity contribution in [3.8, 4) is 11.6 Å². The molecule has 0 amide bonds. The van der Waals surface area contributed by atoms with Crippen LogP contribution >= 0.6 is 15.9 Å². The first-order valence-corrected chi connectivity index (χ1v) is 6.65. The molecule has 1 aromatic heterocycles. The average molecular weight is 337 g/mol. The Bertz CT molecular complexity index is 632. The summed E-state index contributed by atoms with van der Waals surface area (Å²) in [7, 11) is 3.07. The molecule has 0 aliphatic carbocycles. The van der Waals surface area contributed by atoms with Crippen molar-refractivity contribution in [1.29, 1.82) is 0 Å². The number of aromatic nitrogens is 2. The van der Waals surface area contributed by atoms with Crippen molar-refractivity contribution in [1.82, 2.24) is 9.97 Å². The highest BCUT2D eigenvalue weighted by molar-refractivity contribution is 9.10. The first-order chi connectivity index (χ1) is 9.63. The van der Waals surface area contributed by atoms with E-state index in [1.165, 1.54) is 19.5 Å². The number of carbonyl (C=O) groups is 1. The molecule has 0 aliphatic rings. The molecule has 0 N–H and O–H groups in total. The third-order valence-corrected chi connectivity index (χ3v) is 3.22. The van der Waals surface area contributed by atoms with Crippen LogP contribution in [0, 0.1) is 0 Å². The fourth-order valence-corrected chi connectivity index (χ4v) is 2.16. The monoisotopic (exact) mass is 336 g/mol. The molecule has 0 radical (unpaired) electrons. The Balaban J connectivity index is 2.25. The predicted molar refractivity (Wildman–Crippen MR) is 77.3 cm³/mol. The lowest BCUT2D eigenvalue weighted by Gasteiger charge is -2.08. The highest BCUT2D eigenvalue weighted by Gasteiger charge is 2.13. The first-order valence-electron chi connectivity index (χ1n) is 5.85. The molecule has 0 fully saturated rings. The van der Waals surface area contributed by atoms with E-state index in [0.717, 1.165) is 10.0 Å². The Morgan fingerprint density at radius 1 is 1.20 bits per heavy atom. The number of nitrogens with zero attached hydrogens (tertiary/aromatic N) is 2. The normalized spacial score (nSPS) is 10.2. The Morgan fingerprint density at radius 2 is 2.00 bits per heavy atom. The van der Waals surface area contributed by atoms with Crippen molar-refractivity contribution in [2.75, 3.05) is 14.2 Å². The Kier molecular flexibility index (Phi) is 4.68. The number of rotatable bonds is 5. The van der Waals surface area contributed by atoms with E-state index in [1.807, 2.05) is 18.2 Å². The third-order valence-electron chi connectivity index (χ3n) is 2.73. The van der Waals surface area contributed by atoms with Crippen LogP contribution in [0.15, 0.2) is 35.1 Å². The van der Waals surface area contributed by atoms with E-state index in [2.05, 4.69) is 25.9 Å². The standard InChI is InChI=1S/C14H13BrN2O3/c1-19-13-4-3-10(15)5-9(13)6-12(18)11-7-14(20-2)17-8-16-11/h3-5,7-8H,6H2,1-2H3. The van der Waals surface area contributed by atoms with Gasteiger partial charge in [-0.3, -0.25) is 4.79 Å². The minimum atomic E-state index is -0.123. The molecule has 0 unspecified atom stereocenters. The van der Waals surface area contributed by atoms with Gasteiger partial charge in [0.2, 0.25) is 5.88 Å². The molecule has 0 saturated heterocycles. The van der Waals surface area contributed by atoms with Gasteiger partial charge in [-0.05, 0) is 18.2 Å². The van der Waals surface area contributed by atoms with Gasteiger partial charge in [-0.25, -0.2) is 9.97 Å². The first kappa shape index (κ1) is 14.5. The second kappa shape index (κ2) is 6.47. The minimum Gasteiger partial charge on any atom is -0.496 e. The lowest BCUT2D eigenvalue weighted by atomic mass is 10.1. The molecular formula is C14H13BrN2O3. The van der Waals surface area contributed by atoms with E-state index < -0.39 is 0 Å². The van der Waals surface area contributed by atoms with Crippen LogP contribution < -0.4 is 9.47 Å². The molecule has 2 rings (SSSR count). The van der Waals surface area contributed by atoms with Crippen molar-refractivity contribution in [2.45, 2.75) is 6.42 Å². The van der Waals surface area contributed by atoms with E-state index in [1.54, 1.807) is 7.11 Å². The second-order valence-corrected chi connectivity index (χ2v) is 4.92. The minimum absolute atomic E-state index is 0.123. The molecule has 6 heteroatoms. The topological polar surface area (TPSA) is 61.3 Å². The number of benzene rings is 1. The van der Waals surface area contributed by atoms with Crippen LogP contribution in [0.4, 0.5) is 0 Å². The van der Waals surface area contributed by atoms with Gasteiger partial charge in [-0.15, -0.1) is 0 Å². The number of hydrogen-bond acceptors (Lipinski definition) is 5. The van der Waals surface area contributed by atoms with E-state index in [4.69, 9.17) is 9.47 Å². The summed E-state index contributed by atoms with van der Waals surface area (Å²) in [6.07, 6.45) is 1.51. The molecule has 2 aromatic rings. The average Bonchev–Trinajstić information content (AvgIpc) is 2.47. The van der Waals surface area contributed by atoms with Gasteiger partial charge < -0.3 is 9.47 Å². The van der Waals surface area contributed by atoms with Crippen LogP contribution in [0.5, 0.6) is 11.6 Å². The van der Waals surface area contributed by atoms with Crippen LogP contribution in [-0.4, -0.2) is 30.0 Å². The summed E-state index contributed by atoms with van der Waals surface area (Å²) in [6.45, 7) is 0. The summed E-state index contributed by atoms with van der Waals surface area (Å²) in [5, 5.41) is 0. The number of carbonyl (C=O) groups excluding carboxylic acids is 1. The van der Waals surface area contributed by atoms with Crippen LogP contribution in [0.1, 0.15) is 16.1 Å². The number of ketones is 1. The van der Waals surface area contributed by atoms with Crippen LogP contribution in [0.2, 0.25) is 0 Å². The van der Waals surface area contributed by atoms with Gasteiger partial charge in [-0.2, -0.15) is 0 Å². The van der Waals surface area contributed by atoms with Gasteiger partial charge in [-0.1, -0.05) is 15.9 Å². The van der Waals surface area contributed by atoms with Gasteiger partial charge in [0, 0.05) is 22.5 Å². The molecule has 20 heavy (non-hydrogen) atoms. The number of halogens is 1. The molecular weight excluding hydrogens is 324 g/mol. The van der Waals surface area contributed by atoms with Crippen LogP contribution in [0.3, 0.4) is 0 Å². The lowest BCUT2D eigenvalue weighted by molar-refractivity contribution is 0.0986. The quantitative estimate of drug-likeness (QED) is 0.785. The van der Waals surface area contributed by atoms with Crippen LogP contribution in [0.25, 0.3) is 0 Å². The maximum atomic E-state index is 12.2. The highest BCUT2D eigenvalue weighted by atomic mass is 79.9. The molecule has 1 heterocycles. The Hall–Kier alpha value is -1.95. The van der Waals surface area contributed by atoms with Gasteiger partial charge >= 0.3 is 0 Å². The summed E-state index contributed by atoms with van der Waals surface area (Å²) in [4.78, 5) is 20.1. The molecule has 0 aliphatic heterocycles. The Morgan fingerprint density at radius 3 is 2.70 bits per heavy atom. The number of ether oxygens (including phenoxy) is 2. The highest BCUT2D eigenvalue weighted by Crippen LogP contribution is 2.24. The molecule has 0 saturated carbocycles. The van der Waals surface area contributed by atoms with E-state index >= 15 is 0 Å². The lowest BCUT2D eigenvalue weighted by Crippen LogP contribution is -2.08. The van der Waals surface area contributed by atoms with Crippen molar-refractivity contribution >= 4 is 21.7 Å². The zero-order chi connectivity index (χ0) is 14.5. The van der Waals surface area contributed by atoms with Crippen LogP contribution in [-0.2, 0) is 6.42 Å². The van der Waals surface area contributed by atoms with E-state index in [-0.39, 0.29) is 12.2 Å². The molecule has 104 valence electrons. The summed E-state index contributed by atoms with van der Waals surface area (Å²) in [5.41, 5.74) is 1.11. The maximum absolute atomic E-state index is 12.2. The predicted octanol–water partition coefficient (Wildman–Crippen LogP) is 2.68. The Labute approximate surface area is 125 Å². The number of hydrogen-bond donors (Lipinski definition) is 0. The maximum Gasteiger partial charge on any atom is 0.216 e. The van der Waals surface area contributed by atoms with E-state index in [0.29, 0.717) is 17.3 Å². The summed E-state index contributed by atoms with van der Waals surface area (Å²) >= 11 is 3.38. The number of Topliss-reactive ketones (excluding diaryl/α,β-unsaturated/α-hetero) is 1. The molecule has 0 spiro atoms. The molecule has 0 atom stereocenters. The second-order valence-electron chi connectivity index (χ2n) is 4.00. The van der Waals surface area contributed by atoms with Crippen molar-refractivity contribution < 1.29 is 14.3 Å². The fraction of sp³-hybridized carbons (Fsp3) is 0.214. The zero-order valence-electron chi connectivity index (χ0n) is 11.1. The third kappa shape index (κ3) is 3.33. The smallest absolute Gasteiger partial charge is 0.216 e. The van der Waals surface area contributed by atoms with Gasteiger partial charge in [0.05, 0.1) is 14.2 Å². The van der Waals surface area contributed by atoms with Crippen molar-refractivity contribution in [3.63, 3.8) is 0 Å². The van der Waals surface area contributed by atoms with Crippen molar-refractivity contribution in [2.24, 2.45) is 0 Å². The molecule has 5 nitrogen and oxygen atoms in total. The summed E-state index contributed by atoms with van der Waals surface area (Å²) in [5.74, 6) is 0.911. The zero-order valence-corrected chi connectivity index (χ0v) is 12.7. The van der Waals surface area contributed by atoms with Gasteiger partial charge in [0.25, 0.3) is 0 Å². The van der Waals surface area contributed by atoms with Crippen molar-refractivity contribution in [3.05, 3.63) is 46.3 Å². The number of methoxy groups -OCH3 is 2. The van der Waals surface area contributed by atoms with Gasteiger partial charge in [0.1, 0.15) is 17.8 Å². The van der Waals surface area contributed by atoms with Gasteiger partial charge in [0.15, 0.2) is 5.78 Å². The largest absolute Gasteiger partial charge is 0.496 e. The molecule has 1 aromatic carbocycles. The van der Waals surface area contributed by atoms with E-state index in [9.17, 15) is 4.79 Å².